The summed E-state index contributed by atoms with van der Waals surface area (Å²) in [5, 5.41) is 0. The summed E-state index contributed by atoms with van der Waals surface area (Å²) in [5.41, 5.74) is -0.0491. The van der Waals surface area contributed by atoms with Crippen molar-refractivity contribution in [2.24, 2.45) is 5.92 Å². The van der Waals surface area contributed by atoms with Gasteiger partial charge in [-0.25, -0.2) is 0 Å². The van der Waals surface area contributed by atoms with E-state index >= 15 is 0 Å². The van der Waals surface area contributed by atoms with Gasteiger partial charge in [0, 0.05) is 18.8 Å². The second-order valence-corrected chi connectivity index (χ2v) is 4.87. The zero-order valence-corrected chi connectivity index (χ0v) is 10.3. The third-order valence-electron chi connectivity index (χ3n) is 3.38. The molecule has 0 spiro atoms. The number of carbonyl (C=O) groups excluding carboxylic acids is 1. The summed E-state index contributed by atoms with van der Waals surface area (Å²) in [6.07, 6.45) is 3.61. The van der Waals surface area contributed by atoms with E-state index in [0.29, 0.717) is 5.92 Å². The van der Waals surface area contributed by atoms with Crippen molar-refractivity contribution in [3.05, 3.63) is 34.2 Å². The third-order valence-corrected chi connectivity index (χ3v) is 3.38. The van der Waals surface area contributed by atoms with Crippen LogP contribution >= 0.6 is 0 Å². The Labute approximate surface area is 101 Å². The van der Waals surface area contributed by atoms with Crippen LogP contribution < -0.4 is 5.56 Å². The number of likely N-dealkylation sites (tertiary alicyclic amines) is 1. The van der Waals surface area contributed by atoms with Gasteiger partial charge in [-0.3, -0.25) is 9.59 Å². The minimum atomic E-state index is -0.299. The number of carbonyl (C=O) groups is 1. The topological polar surface area (TPSA) is 53.2 Å². The van der Waals surface area contributed by atoms with E-state index in [0.717, 1.165) is 19.4 Å². The molecule has 1 N–H and O–H groups in total. The predicted octanol–water partition coefficient (Wildman–Crippen LogP) is 1.64. The summed E-state index contributed by atoms with van der Waals surface area (Å²) in [6.45, 7) is 4.99. The van der Waals surface area contributed by atoms with E-state index in [2.05, 4.69) is 18.8 Å². The first-order chi connectivity index (χ1) is 8.11. The monoisotopic (exact) mass is 234 g/mol. The highest BCUT2D eigenvalue weighted by Crippen LogP contribution is 2.24. The molecule has 1 atom stereocenters. The van der Waals surface area contributed by atoms with Crippen molar-refractivity contribution in [3.63, 3.8) is 0 Å². The molecule has 1 saturated heterocycles. The number of hydrogen-bond donors (Lipinski definition) is 1. The highest BCUT2D eigenvalue weighted by Gasteiger charge is 2.32. The van der Waals surface area contributed by atoms with Crippen molar-refractivity contribution >= 4 is 5.91 Å². The molecule has 0 aliphatic carbocycles. The molecular weight excluding hydrogens is 216 g/mol. The van der Waals surface area contributed by atoms with Gasteiger partial charge in [-0.2, -0.15) is 0 Å². The second-order valence-electron chi connectivity index (χ2n) is 4.87. The smallest absolute Gasteiger partial charge is 0.260 e. The molecule has 1 aliphatic rings. The van der Waals surface area contributed by atoms with Gasteiger partial charge in [-0.1, -0.05) is 13.8 Å². The lowest BCUT2D eigenvalue weighted by molar-refractivity contribution is 0.0699. The van der Waals surface area contributed by atoms with Crippen LogP contribution in [0.3, 0.4) is 0 Å². The number of nitrogens with one attached hydrogen (secondary N) is 1. The summed E-state index contributed by atoms with van der Waals surface area (Å²) in [7, 11) is 0. The van der Waals surface area contributed by atoms with E-state index in [1.54, 1.807) is 18.3 Å². The van der Waals surface area contributed by atoms with E-state index in [1.165, 1.54) is 0 Å². The molecule has 0 saturated carbocycles. The largest absolute Gasteiger partial charge is 0.335 e. The Morgan fingerprint density at radius 1 is 1.53 bits per heavy atom. The summed E-state index contributed by atoms with van der Waals surface area (Å²) < 4.78 is 0. The van der Waals surface area contributed by atoms with E-state index in [-0.39, 0.29) is 23.1 Å². The molecule has 4 nitrogen and oxygen atoms in total. The van der Waals surface area contributed by atoms with Gasteiger partial charge in [0.05, 0.1) is 0 Å². The van der Waals surface area contributed by atoms with E-state index in [1.807, 2.05) is 4.90 Å². The molecule has 0 bridgehead atoms. The van der Waals surface area contributed by atoms with Crippen molar-refractivity contribution in [3.8, 4) is 0 Å². The highest BCUT2D eigenvalue weighted by molar-refractivity contribution is 5.94. The fourth-order valence-electron chi connectivity index (χ4n) is 2.48. The lowest BCUT2D eigenvalue weighted by Gasteiger charge is -2.27. The summed E-state index contributed by atoms with van der Waals surface area (Å²) in [4.78, 5) is 28.3. The molecule has 1 fully saturated rings. The van der Waals surface area contributed by atoms with Crippen LogP contribution in [0, 0.1) is 5.92 Å². The normalized spacial score (nSPS) is 19.9. The molecule has 2 heterocycles. The number of pyridine rings is 1. The molecule has 17 heavy (non-hydrogen) atoms. The number of aromatic amines is 1. The van der Waals surface area contributed by atoms with Crippen molar-refractivity contribution in [2.75, 3.05) is 6.54 Å². The average Bonchev–Trinajstić information content (AvgIpc) is 2.77. The Kier molecular flexibility index (Phi) is 3.31. The molecule has 2 rings (SSSR count). The fraction of sp³-hybridized carbons (Fsp3) is 0.538. The first-order valence-corrected chi connectivity index (χ1v) is 6.10. The van der Waals surface area contributed by atoms with Crippen LogP contribution in [0.15, 0.2) is 23.1 Å². The zero-order chi connectivity index (χ0) is 12.4. The first-order valence-electron chi connectivity index (χ1n) is 6.10. The van der Waals surface area contributed by atoms with Crippen LogP contribution in [0.25, 0.3) is 0 Å². The first kappa shape index (κ1) is 11.9. The van der Waals surface area contributed by atoms with Gasteiger partial charge in [0.2, 0.25) is 0 Å². The fourth-order valence-corrected chi connectivity index (χ4v) is 2.48. The van der Waals surface area contributed by atoms with Crippen LogP contribution in [0.5, 0.6) is 0 Å². The van der Waals surface area contributed by atoms with Gasteiger partial charge in [0.15, 0.2) is 0 Å². The van der Waals surface area contributed by atoms with Crippen LogP contribution in [0.2, 0.25) is 0 Å². The van der Waals surface area contributed by atoms with Crippen molar-refractivity contribution < 1.29 is 4.79 Å². The number of aromatic nitrogens is 1. The molecule has 1 amide bonds. The minimum Gasteiger partial charge on any atom is -0.335 e. The molecule has 0 radical (unpaired) electrons. The van der Waals surface area contributed by atoms with Gasteiger partial charge in [-0.15, -0.1) is 0 Å². The molecule has 0 aromatic carbocycles. The van der Waals surface area contributed by atoms with E-state index in [4.69, 9.17) is 0 Å². The molecular formula is C13H18N2O2. The Balaban J connectivity index is 2.26. The molecule has 1 aromatic heterocycles. The van der Waals surface area contributed by atoms with Gasteiger partial charge < -0.3 is 9.88 Å². The average molecular weight is 234 g/mol. The highest BCUT2D eigenvalue weighted by atomic mass is 16.2. The Morgan fingerprint density at radius 3 is 2.94 bits per heavy atom. The summed E-state index contributed by atoms with van der Waals surface area (Å²) >= 11 is 0. The standard InChI is InChI=1S/C13H18N2O2/c1-9(2)11-6-4-8-15(11)13(17)10-5-3-7-14-12(10)16/h3,5,7,9,11H,4,6,8H2,1-2H3,(H,14,16). The van der Waals surface area contributed by atoms with Gasteiger partial charge >= 0.3 is 0 Å². The van der Waals surface area contributed by atoms with Gasteiger partial charge in [-0.05, 0) is 30.9 Å². The van der Waals surface area contributed by atoms with E-state index in [9.17, 15) is 9.59 Å². The number of H-pyrrole nitrogens is 1. The predicted molar refractivity (Wildman–Crippen MR) is 66.0 cm³/mol. The molecule has 4 heteroatoms. The Bertz CT molecular complexity index is 464. The van der Waals surface area contributed by atoms with Crippen LogP contribution in [-0.2, 0) is 0 Å². The summed E-state index contributed by atoms with van der Waals surface area (Å²) in [5.74, 6) is 0.298. The lowest BCUT2D eigenvalue weighted by Crippen LogP contribution is -2.40. The lowest BCUT2D eigenvalue weighted by atomic mass is 10.0. The van der Waals surface area contributed by atoms with Gasteiger partial charge in [0.1, 0.15) is 5.56 Å². The van der Waals surface area contributed by atoms with Crippen LogP contribution in [0.4, 0.5) is 0 Å². The molecule has 1 aliphatic heterocycles. The zero-order valence-electron chi connectivity index (χ0n) is 10.3. The third kappa shape index (κ3) is 2.25. The number of hydrogen-bond acceptors (Lipinski definition) is 2. The Morgan fingerprint density at radius 2 is 2.29 bits per heavy atom. The minimum absolute atomic E-state index is 0.136. The van der Waals surface area contributed by atoms with Crippen LogP contribution in [-0.4, -0.2) is 28.4 Å². The van der Waals surface area contributed by atoms with Crippen molar-refractivity contribution in [2.45, 2.75) is 32.7 Å². The van der Waals surface area contributed by atoms with Crippen molar-refractivity contribution in [1.29, 1.82) is 0 Å². The number of nitrogens with zero attached hydrogens (tertiary/aromatic N) is 1. The number of amides is 1. The SMILES string of the molecule is CC(C)C1CCCN1C(=O)c1ccc[nH]c1=O. The Hall–Kier alpha value is -1.58. The molecule has 1 unspecified atom stereocenters. The van der Waals surface area contributed by atoms with Crippen molar-refractivity contribution in [1.82, 2.24) is 9.88 Å². The number of rotatable bonds is 2. The molecule has 92 valence electrons. The maximum atomic E-state index is 12.3. The van der Waals surface area contributed by atoms with E-state index < -0.39 is 0 Å². The molecule has 1 aromatic rings. The quantitative estimate of drug-likeness (QED) is 0.845. The maximum Gasteiger partial charge on any atom is 0.260 e. The maximum absolute atomic E-state index is 12.3. The second kappa shape index (κ2) is 4.73. The van der Waals surface area contributed by atoms with Gasteiger partial charge in [0.25, 0.3) is 11.5 Å². The van der Waals surface area contributed by atoms with Crippen LogP contribution in [0.1, 0.15) is 37.0 Å². The summed E-state index contributed by atoms with van der Waals surface area (Å²) in [6, 6.07) is 3.55.